The Hall–Kier alpha value is -0.0400. The third-order valence-electron chi connectivity index (χ3n) is 2.92. The number of nitrogens with one attached hydrogen (secondary N) is 1. The maximum absolute atomic E-state index is 3.58. The zero-order chi connectivity index (χ0) is 8.48. The van der Waals surface area contributed by atoms with Gasteiger partial charge in [-0.1, -0.05) is 20.8 Å². The molecule has 1 nitrogen and oxygen atoms in total. The molecule has 1 aliphatic rings. The summed E-state index contributed by atoms with van der Waals surface area (Å²) in [6.07, 6.45) is 2.83. The van der Waals surface area contributed by atoms with E-state index in [4.69, 9.17) is 0 Å². The molecule has 0 aliphatic heterocycles. The molecule has 0 aromatic heterocycles. The van der Waals surface area contributed by atoms with Crippen LogP contribution in [0.3, 0.4) is 0 Å². The van der Waals surface area contributed by atoms with Crippen LogP contribution < -0.4 is 5.32 Å². The van der Waals surface area contributed by atoms with Crippen LogP contribution >= 0.6 is 0 Å². The fourth-order valence-electron chi connectivity index (χ4n) is 1.29. The average Bonchev–Trinajstić information content (AvgIpc) is 2.64. The summed E-state index contributed by atoms with van der Waals surface area (Å²) < 4.78 is 0. The highest BCUT2D eigenvalue weighted by Gasteiger charge is 2.41. The van der Waals surface area contributed by atoms with Gasteiger partial charge in [-0.3, -0.25) is 0 Å². The van der Waals surface area contributed by atoms with E-state index in [1.54, 1.807) is 0 Å². The molecular formula is C10H21N. The van der Waals surface area contributed by atoms with Crippen molar-refractivity contribution in [1.82, 2.24) is 5.32 Å². The Kier molecular flexibility index (Phi) is 2.58. The molecule has 1 atom stereocenters. The van der Waals surface area contributed by atoms with Crippen LogP contribution in [0.4, 0.5) is 0 Å². The highest BCUT2D eigenvalue weighted by atomic mass is 14.9. The zero-order valence-electron chi connectivity index (χ0n) is 8.28. The minimum atomic E-state index is 0.634. The molecule has 0 bridgehead atoms. The molecule has 1 rings (SSSR count). The van der Waals surface area contributed by atoms with Crippen molar-refractivity contribution in [3.05, 3.63) is 0 Å². The summed E-state index contributed by atoms with van der Waals surface area (Å²) in [5, 5.41) is 3.58. The Balaban J connectivity index is 2.16. The van der Waals surface area contributed by atoms with Gasteiger partial charge < -0.3 is 5.32 Å². The van der Waals surface area contributed by atoms with Gasteiger partial charge in [0.15, 0.2) is 0 Å². The van der Waals surface area contributed by atoms with Crippen molar-refractivity contribution in [2.24, 2.45) is 11.3 Å². The molecule has 1 N–H and O–H groups in total. The molecule has 0 saturated heterocycles. The molecule has 0 spiro atoms. The Morgan fingerprint density at radius 1 is 1.27 bits per heavy atom. The van der Waals surface area contributed by atoms with Gasteiger partial charge in [-0.2, -0.15) is 0 Å². The first-order valence-corrected chi connectivity index (χ1v) is 4.78. The molecule has 1 heteroatoms. The van der Waals surface area contributed by atoms with E-state index in [2.05, 4.69) is 33.0 Å². The normalized spacial score (nSPS) is 23.7. The van der Waals surface area contributed by atoms with Gasteiger partial charge in [0.25, 0.3) is 0 Å². The highest BCUT2D eigenvalue weighted by Crippen LogP contribution is 2.47. The van der Waals surface area contributed by atoms with Crippen molar-refractivity contribution in [3.8, 4) is 0 Å². The standard InChI is InChI=1S/C10H21N/c1-8(2)7-11-9(3)10(4)5-6-10/h8-9,11H,5-7H2,1-4H3. The van der Waals surface area contributed by atoms with Crippen LogP contribution in [0.5, 0.6) is 0 Å². The molecule has 0 amide bonds. The predicted octanol–water partition coefficient (Wildman–Crippen LogP) is 2.42. The van der Waals surface area contributed by atoms with E-state index in [-0.39, 0.29) is 0 Å². The lowest BCUT2D eigenvalue weighted by Crippen LogP contribution is -2.35. The van der Waals surface area contributed by atoms with E-state index in [0.717, 1.165) is 12.5 Å². The summed E-state index contributed by atoms with van der Waals surface area (Å²) in [5.41, 5.74) is 0.634. The van der Waals surface area contributed by atoms with Crippen molar-refractivity contribution >= 4 is 0 Å². The van der Waals surface area contributed by atoms with Gasteiger partial charge in [0, 0.05) is 6.04 Å². The monoisotopic (exact) mass is 155 g/mol. The minimum absolute atomic E-state index is 0.634. The second-order valence-electron chi connectivity index (χ2n) is 4.68. The maximum atomic E-state index is 3.58. The van der Waals surface area contributed by atoms with Crippen LogP contribution in [0.25, 0.3) is 0 Å². The molecule has 0 aromatic carbocycles. The second kappa shape index (κ2) is 3.14. The maximum Gasteiger partial charge on any atom is 0.00926 e. The Morgan fingerprint density at radius 2 is 1.82 bits per heavy atom. The lowest BCUT2D eigenvalue weighted by atomic mass is 10.0. The van der Waals surface area contributed by atoms with Crippen molar-refractivity contribution in [3.63, 3.8) is 0 Å². The summed E-state index contributed by atoms with van der Waals surface area (Å²) in [7, 11) is 0. The molecule has 11 heavy (non-hydrogen) atoms. The van der Waals surface area contributed by atoms with Crippen molar-refractivity contribution in [1.29, 1.82) is 0 Å². The molecule has 1 saturated carbocycles. The van der Waals surface area contributed by atoms with Crippen LogP contribution in [0, 0.1) is 11.3 Å². The Bertz CT molecular complexity index is 125. The molecular weight excluding hydrogens is 134 g/mol. The fraction of sp³-hybridized carbons (Fsp3) is 1.00. The van der Waals surface area contributed by atoms with Gasteiger partial charge in [0.05, 0.1) is 0 Å². The minimum Gasteiger partial charge on any atom is -0.313 e. The van der Waals surface area contributed by atoms with Crippen LogP contribution in [0.2, 0.25) is 0 Å². The predicted molar refractivity (Wildman–Crippen MR) is 49.6 cm³/mol. The highest BCUT2D eigenvalue weighted by molar-refractivity contribution is 4.96. The SMILES string of the molecule is CC(C)CNC(C)C1(C)CC1. The van der Waals surface area contributed by atoms with E-state index in [9.17, 15) is 0 Å². The molecule has 0 radical (unpaired) electrons. The fourth-order valence-corrected chi connectivity index (χ4v) is 1.29. The lowest BCUT2D eigenvalue weighted by molar-refractivity contribution is 0.363. The summed E-state index contributed by atoms with van der Waals surface area (Å²) in [5.74, 6) is 0.778. The quantitative estimate of drug-likeness (QED) is 0.657. The molecule has 1 unspecified atom stereocenters. The first-order valence-electron chi connectivity index (χ1n) is 4.78. The average molecular weight is 155 g/mol. The topological polar surface area (TPSA) is 12.0 Å². The van der Waals surface area contributed by atoms with E-state index < -0.39 is 0 Å². The first kappa shape index (κ1) is 9.05. The summed E-state index contributed by atoms with van der Waals surface area (Å²) in [6, 6.07) is 0.713. The summed E-state index contributed by atoms with van der Waals surface area (Å²) in [6.45, 7) is 10.4. The number of rotatable bonds is 4. The molecule has 0 aromatic rings. The van der Waals surface area contributed by atoms with Gasteiger partial charge in [-0.05, 0) is 37.6 Å². The Morgan fingerprint density at radius 3 is 2.18 bits per heavy atom. The van der Waals surface area contributed by atoms with Gasteiger partial charge in [-0.15, -0.1) is 0 Å². The third-order valence-corrected chi connectivity index (χ3v) is 2.92. The van der Waals surface area contributed by atoms with Crippen LogP contribution in [0.1, 0.15) is 40.5 Å². The van der Waals surface area contributed by atoms with Gasteiger partial charge >= 0.3 is 0 Å². The van der Waals surface area contributed by atoms with Crippen LogP contribution in [-0.2, 0) is 0 Å². The van der Waals surface area contributed by atoms with E-state index in [1.165, 1.54) is 12.8 Å². The third kappa shape index (κ3) is 2.48. The van der Waals surface area contributed by atoms with Crippen molar-refractivity contribution in [2.75, 3.05) is 6.54 Å². The first-order chi connectivity index (χ1) is 5.04. The van der Waals surface area contributed by atoms with Crippen LogP contribution in [0.15, 0.2) is 0 Å². The molecule has 0 heterocycles. The Labute approximate surface area is 70.6 Å². The number of hydrogen-bond acceptors (Lipinski definition) is 1. The smallest absolute Gasteiger partial charge is 0.00926 e. The lowest BCUT2D eigenvalue weighted by Gasteiger charge is -2.21. The second-order valence-corrected chi connectivity index (χ2v) is 4.68. The van der Waals surface area contributed by atoms with Gasteiger partial charge in [-0.25, -0.2) is 0 Å². The molecule has 66 valence electrons. The molecule has 1 fully saturated rings. The molecule has 1 aliphatic carbocycles. The van der Waals surface area contributed by atoms with E-state index >= 15 is 0 Å². The van der Waals surface area contributed by atoms with E-state index in [1.807, 2.05) is 0 Å². The largest absolute Gasteiger partial charge is 0.313 e. The summed E-state index contributed by atoms with van der Waals surface area (Å²) >= 11 is 0. The van der Waals surface area contributed by atoms with E-state index in [0.29, 0.717) is 11.5 Å². The van der Waals surface area contributed by atoms with Gasteiger partial charge in [0.1, 0.15) is 0 Å². The van der Waals surface area contributed by atoms with Crippen LogP contribution in [-0.4, -0.2) is 12.6 Å². The zero-order valence-corrected chi connectivity index (χ0v) is 8.28. The van der Waals surface area contributed by atoms with Gasteiger partial charge in [0.2, 0.25) is 0 Å². The van der Waals surface area contributed by atoms with Crippen molar-refractivity contribution < 1.29 is 0 Å². The summed E-state index contributed by atoms with van der Waals surface area (Å²) in [4.78, 5) is 0. The number of hydrogen-bond donors (Lipinski definition) is 1. The van der Waals surface area contributed by atoms with Crippen molar-refractivity contribution in [2.45, 2.75) is 46.6 Å².